The van der Waals surface area contributed by atoms with Crippen LogP contribution in [0.3, 0.4) is 0 Å². The van der Waals surface area contributed by atoms with Crippen molar-refractivity contribution < 1.29 is 9.59 Å². The highest BCUT2D eigenvalue weighted by atomic mass is 16.1. The minimum Gasteiger partial charge on any atom is -0.357 e. The quantitative estimate of drug-likeness (QED) is 0.789. The predicted octanol–water partition coefficient (Wildman–Crippen LogP) is 3.76. The van der Waals surface area contributed by atoms with E-state index in [0.717, 1.165) is 40.8 Å². The number of rotatable bonds is 7. The van der Waals surface area contributed by atoms with Crippen molar-refractivity contribution in [3.05, 3.63) is 66.2 Å². The van der Waals surface area contributed by atoms with Crippen molar-refractivity contribution in [1.29, 1.82) is 0 Å². The van der Waals surface area contributed by atoms with Crippen LogP contribution in [0.2, 0.25) is 0 Å². The van der Waals surface area contributed by atoms with Gasteiger partial charge in [-0.1, -0.05) is 30.8 Å². The zero-order valence-corrected chi connectivity index (χ0v) is 13.4. The van der Waals surface area contributed by atoms with E-state index in [4.69, 9.17) is 0 Å². The molecule has 1 atom stereocenters. The monoisotopic (exact) mass is 320 g/mol. The first kappa shape index (κ1) is 16.0. The largest absolute Gasteiger partial charge is 0.357 e. The Morgan fingerprint density at radius 1 is 1.12 bits per heavy atom. The SMILES string of the molecule is C=C1c2ccc(Nc3ccccc3)cc2CN1C(C=O)CCC=O. The fourth-order valence-corrected chi connectivity index (χ4v) is 3.06. The second-order valence-corrected chi connectivity index (χ2v) is 5.88. The molecule has 3 rings (SSSR count). The fraction of sp³-hybridized carbons (Fsp3) is 0.200. The molecule has 1 unspecified atom stereocenters. The molecule has 1 aliphatic rings. The fourth-order valence-electron chi connectivity index (χ4n) is 3.06. The molecule has 0 aromatic heterocycles. The lowest BCUT2D eigenvalue weighted by atomic mass is 10.1. The first-order valence-corrected chi connectivity index (χ1v) is 8.03. The number of nitrogens with one attached hydrogen (secondary N) is 1. The molecule has 0 radical (unpaired) electrons. The molecule has 0 amide bonds. The number of anilines is 2. The lowest BCUT2D eigenvalue weighted by Crippen LogP contribution is -2.31. The third kappa shape index (κ3) is 3.23. The smallest absolute Gasteiger partial charge is 0.142 e. The molecule has 2 aromatic carbocycles. The molecule has 0 aliphatic carbocycles. The van der Waals surface area contributed by atoms with Crippen LogP contribution >= 0.6 is 0 Å². The average molecular weight is 320 g/mol. The van der Waals surface area contributed by atoms with E-state index in [2.05, 4.69) is 18.0 Å². The van der Waals surface area contributed by atoms with Gasteiger partial charge in [-0.05, 0) is 36.2 Å². The molecule has 0 fully saturated rings. The van der Waals surface area contributed by atoms with Gasteiger partial charge in [0.05, 0.1) is 6.04 Å². The number of carbonyl (C=O) groups is 2. The number of fused-ring (bicyclic) bond motifs is 1. The van der Waals surface area contributed by atoms with Crippen molar-refractivity contribution in [2.75, 3.05) is 5.32 Å². The minimum atomic E-state index is -0.305. The molecule has 4 nitrogen and oxygen atoms in total. The van der Waals surface area contributed by atoms with E-state index in [-0.39, 0.29) is 6.04 Å². The second kappa shape index (κ2) is 7.13. The number of aldehydes is 2. The molecular weight excluding hydrogens is 300 g/mol. The highest BCUT2D eigenvalue weighted by Gasteiger charge is 2.28. The van der Waals surface area contributed by atoms with Gasteiger partial charge in [-0.2, -0.15) is 0 Å². The van der Waals surface area contributed by atoms with Crippen LogP contribution in [0.15, 0.2) is 55.1 Å². The maximum atomic E-state index is 11.4. The van der Waals surface area contributed by atoms with Crippen molar-refractivity contribution in [2.45, 2.75) is 25.4 Å². The van der Waals surface area contributed by atoms with Crippen molar-refractivity contribution in [1.82, 2.24) is 4.90 Å². The van der Waals surface area contributed by atoms with Crippen LogP contribution in [0.25, 0.3) is 5.70 Å². The molecular formula is C20H20N2O2. The molecule has 4 heteroatoms. The summed E-state index contributed by atoms with van der Waals surface area (Å²) in [5.74, 6) is 0. The Labute approximate surface area is 141 Å². The average Bonchev–Trinajstić information content (AvgIpc) is 2.93. The topological polar surface area (TPSA) is 49.4 Å². The van der Waals surface area contributed by atoms with Gasteiger partial charge in [0.15, 0.2) is 0 Å². The number of para-hydroxylation sites is 1. The first-order valence-electron chi connectivity index (χ1n) is 8.03. The van der Waals surface area contributed by atoms with Crippen molar-refractivity contribution in [3.8, 4) is 0 Å². The number of carbonyl (C=O) groups excluding carboxylic acids is 2. The van der Waals surface area contributed by atoms with Crippen molar-refractivity contribution in [2.24, 2.45) is 0 Å². The summed E-state index contributed by atoms with van der Waals surface area (Å²) in [6, 6.07) is 15.8. The minimum absolute atomic E-state index is 0.305. The summed E-state index contributed by atoms with van der Waals surface area (Å²) in [7, 11) is 0. The molecule has 1 heterocycles. The Balaban J connectivity index is 1.78. The van der Waals surface area contributed by atoms with E-state index in [1.165, 1.54) is 0 Å². The number of hydrogen-bond acceptors (Lipinski definition) is 4. The van der Waals surface area contributed by atoms with Gasteiger partial charge in [-0.25, -0.2) is 0 Å². The Kier molecular flexibility index (Phi) is 4.75. The van der Waals surface area contributed by atoms with Crippen LogP contribution < -0.4 is 5.32 Å². The summed E-state index contributed by atoms with van der Waals surface area (Å²) in [6.45, 7) is 4.77. The zero-order chi connectivity index (χ0) is 16.9. The third-order valence-corrected chi connectivity index (χ3v) is 4.30. The molecule has 24 heavy (non-hydrogen) atoms. The molecule has 0 saturated carbocycles. The lowest BCUT2D eigenvalue weighted by molar-refractivity contribution is -0.112. The second-order valence-electron chi connectivity index (χ2n) is 5.88. The Morgan fingerprint density at radius 2 is 1.92 bits per heavy atom. The third-order valence-electron chi connectivity index (χ3n) is 4.30. The Bertz CT molecular complexity index is 755. The van der Waals surface area contributed by atoms with Crippen LogP contribution in [-0.4, -0.2) is 23.5 Å². The highest BCUT2D eigenvalue weighted by molar-refractivity contribution is 5.75. The maximum Gasteiger partial charge on any atom is 0.142 e. The van der Waals surface area contributed by atoms with Crippen molar-refractivity contribution >= 4 is 29.6 Å². The van der Waals surface area contributed by atoms with E-state index in [1.807, 2.05) is 47.4 Å². The lowest BCUT2D eigenvalue weighted by Gasteiger charge is -2.25. The van der Waals surface area contributed by atoms with E-state index in [0.29, 0.717) is 19.4 Å². The predicted molar refractivity (Wildman–Crippen MR) is 95.9 cm³/mol. The maximum absolute atomic E-state index is 11.4. The molecule has 0 saturated heterocycles. The highest BCUT2D eigenvalue weighted by Crippen LogP contribution is 2.35. The molecule has 1 N–H and O–H groups in total. The van der Waals surface area contributed by atoms with Gasteiger partial charge in [0.25, 0.3) is 0 Å². The first-order chi connectivity index (χ1) is 11.7. The molecule has 2 aromatic rings. The van der Waals surface area contributed by atoms with Crippen LogP contribution in [0.1, 0.15) is 24.0 Å². The Morgan fingerprint density at radius 3 is 2.62 bits per heavy atom. The standard InChI is InChI=1S/C20H20N2O2/c1-15-20-10-9-18(21-17-6-3-2-4-7-17)12-16(20)13-22(15)19(14-24)8-5-11-23/h2-4,6-7,9-12,14,19,21H,1,5,8,13H2. The summed E-state index contributed by atoms with van der Waals surface area (Å²) in [4.78, 5) is 24.0. The summed E-state index contributed by atoms with van der Waals surface area (Å²) in [6.07, 6.45) is 2.66. The van der Waals surface area contributed by atoms with E-state index in [9.17, 15) is 9.59 Å². The number of hydrogen-bond donors (Lipinski definition) is 1. The van der Waals surface area contributed by atoms with Gasteiger partial charge in [-0.3, -0.25) is 0 Å². The summed E-state index contributed by atoms with van der Waals surface area (Å²) in [5.41, 5.74) is 5.08. The van der Waals surface area contributed by atoms with Gasteiger partial charge >= 0.3 is 0 Å². The van der Waals surface area contributed by atoms with Gasteiger partial charge in [0.2, 0.25) is 0 Å². The van der Waals surface area contributed by atoms with E-state index < -0.39 is 0 Å². The summed E-state index contributed by atoms with van der Waals surface area (Å²) >= 11 is 0. The molecule has 1 aliphatic heterocycles. The molecule has 0 bridgehead atoms. The van der Waals surface area contributed by atoms with Crippen LogP contribution in [0, 0.1) is 0 Å². The van der Waals surface area contributed by atoms with Gasteiger partial charge in [0, 0.05) is 35.6 Å². The summed E-state index contributed by atoms with van der Waals surface area (Å²) in [5, 5.41) is 3.38. The molecule has 122 valence electrons. The van der Waals surface area contributed by atoms with E-state index in [1.54, 1.807) is 0 Å². The molecule has 0 spiro atoms. The zero-order valence-electron chi connectivity index (χ0n) is 13.4. The summed E-state index contributed by atoms with van der Waals surface area (Å²) < 4.78 is 0. The number of benzene rings is 2. The van der Waals surface area contributed by atoms with Crippen LogP contribution in [0.4, 0.5) is 11.4 Å². The number of nitrogens with zero attached hydrogens (tertiary/aromatic N) is 1. The van der Waals surface area contributed by atoms with Crippen LogP contribution in [0.5, 0.6) is 0 Å². The van der Waals surface area contributed by atoms with Gasteiger partial charge in [-0.15, -0.1) is 0 Å². The normalized spacial score (nSPS) is 14.2. The van der Waals surface area contributed by atoms with E-state index >= 15 is 0 Å². The Hall–Kier alpha value is -2.88. The van der Waals surface area contributed by atoms with Gasteiger partial charge < -0.3 is 19.8 Å². The van der Waals surface area contributed by atoms with Gasteiger partial charge in [0.1, 0.15) is 12.6 Å². The van der Waals surface area contributed by atoms with Crippen LogP contribution in [-0.2, 0) is 16.1 Å². The van der Waals surface area contributed by atoms with Crippen molar-refractivity contribution in [3.63, 3.8) is 0 Å².